The highest BCUT2D eigenvalue weighted by molar-refractivity contribution is 7.54. The molecule has 0 aliphatic rings. The van der Waals surface area contributed by atoms with E-state index in [1.54, 1.807) is 71.0 Å². The predicted molar refractivity (Wildman–Crippen MR) is 527 cm³/mol. The average Bonchev–Trinajstić information content (AvgIpc) is 0.807. The second-order valence-electron chi connectivity index (χ2n) is 32.5. The lowest BCUT2D eigenvalue weighted by Gasteiger charge is -2.35. The van der Waals surface area contributed by atoms with Crippen LogP contribution in [-0.2, 0) is 18.9 Å². The number of methoxy groups -OCH3 is 4. The molecule has 0 saturated carbocycles. The van der Waals surface area contributed by atoms with Gasteiger partial charge < -0.3 is 94.0 Å². The number of carboxylic acid groups (broad SMARTS) is 3. The summed E-state index contributed by atoms with van der Waals surface area (Å²) in [5.41, 5.74) is 6.01. The number of halogens is 9. The van der Waals surface area contributed by atoms with Gasteiger partial charge in [0.1, 0.15) is 62.2 Å². The number of nitro groups is 2. The molecule has 0 radical (unpaired) electrons. The number of ketones is 1. The molecule has 0 saturated heterocycles. The zero-order chi connectivity index (χ0) is 104. The Kier molecular flexibility index (Phi) is 53.9. The first-order chi connectivity index (χ1) is 62.3. The van der Waals surface area contributed by atoms with Gasteiger partial charge in [-0.1, -0.05) is 90.4 Å². The van der Waals surface area contributed by atoms with Crippen LogP contribution in [0.15, 0.2) is 127 Å². The molecule has 9 N–H and O–H groups in total. The van der Waals surface area contributed by atoms with Crippen LogP contribution >= 0.6 is 104 Å². The van der Waals surface area contributed by atoms with E-state index in [-0.39, 0.29) is 121 Å². The number of carbonyl (C=O) groups excluding carboxylic acids is 5. The monoisotopic (exact) mass is 2060 g/mol. The van der Waals surface area contributed by atoms with E-state index < -0.39 is 73.4 Å². The van der Waals surface area contributed by atoms with Crippen molar-refractivity contribution < 1.29 is 126 Å². The molecule has 8 aromatic rings. The minimum Gasteiger partial charge on any atom is -0.507 e. The van der Waals surface area contributed by atoms with Crippen LogP contribution in [0.2, 0.25) is 30.1 Å². The number of nitrogens with one attached hydrogen (secondary N) is 2. The molecule has 34 nitrogen and oxygen atoms in total. The smallest absolute Gasteiger partial charge is 0.450 e. The summed E-state index contributed by atoms with van der Waals surface area (Å²) in [5, 5.41) is 70.4. The Labute approximate surface area is 829 Å². The Morgan fingerprint density at radius 1 is 0.430 bits per heavy atom. The number of nitrogen functional groups attached to an aromatic ring is 1. The number of esters is 2. The molecule has 8 rings (SSSR count). The zero-order valence-corrected chi connectivity index (χ0v) is 85.9. The van der Waals surface area contributed by atoms with Crippen molar-refractivity contribution in [1.29, 1.82) is 0 Å². The largest absolute Gasteiger partial charge is 0.507 e. The number of nitrogens with two attached hydrogens (primary N) is 1. The van der Waals surface area contributed by atoms with Crippen LogP contribution in [0.3, 0.4) is 0 Å². The summed E-state index contributed by atoms with van der Waals surface area (Å²) in [6.07, 6.45) is 0.0909. The van der Waals surface area contributed by atoms with Crippen molar-refractivity contribution in [3.63, 3.8) is 0 Å². The summed E-state index contributed by atoms with van der Waals surface area (Å²) in [6.45, 7) is 35.4. The molecule has 0 aromatic heterocycles. The van der Waals surface area contributed by atoms with Crippen molar-refractivity contribution in [3.8, 4) is 46.0 Å². The highest BCUT2D eigenvalue weighted by Crippen LogP contribution is 2.39. The number of rotatable bonds is 26. The van der Waals surface area contributed by atoms with E-state index >= 15 is 0 Å². The SMILES string of the molecule is CCOc1c(Cl)cc(C(=O)Nc2ccc(C(=O)CC(C)(C)C)c(OC)c2)cc1Cl.CCOc1c(Cl)cc(C(=O)Nc2ccc(C(=O)O)c(O)c2)cc1Cl.CCOc1c(Cl)cc(C(=O)O)cc1Cl.CN(C)C(OC(C)(C)C)OC(C)(C)C.CO.COc1cc(N)ccc1C(=O)OC(C)(C)C.COc1cc([N+](=O)[O-])ccc1C(=O)O.COc1cc([N+](=O)[O-])ccc1C(=O)OC(C)(C)C.ClB(Cl)Cl. The number of nitro benzene ring substituents is 2. The highest BCUT2D eigenvalue weighted by Gasteiger charge is 2.29. The molecule has 0 bridgehead atoms. The van der Waals surface area contributed by atoms with Gasteiger partial charge in [0.2, 0.25) is 6.41 Å². The number of carbonyl (C=O) groups is 8. The van der Waals surface area contributed by atoms with E-state index in [9.17, 15) is 63.7 Å². The number of hydrogen-bond donors (Lipinski definition) is 8. The molecule has 0 heterocycles. The number of aliphatic hydroxyl groups excluding tert-OH is 1. The molecule has 135 heavy (non-hydrogen) atoms. The molecule has 742 valence electrons. The number of anilines is 3. The van der Waals surface area contributed by atoms with Gasteiger partial charge in [-0.25, -0.2) is 24.0 Å². The van der Waals surface area contributed by atoms with E-state index in [2.05, 4.69) is 10.6 Å². The minimum absolute atomic E-state index is 0.0164. The molecule has 0 aliphatic heterocycles. The Morgan fingerprint density at radius 3 is 1.01 bits per heavy atom. The van der Waals surface area contributed by atoms with Gasteiger partial charge in [-0.2, -0.15) is 34.4 Å². The summed E-state index contributed by atoms with van der Waals surface area (Å²) in [6, 6.07) is 28.9. The number of Topliss-reactive ketones (excluding diaryl/α,β-unsaturated/α-hetero) is 1. The fourth-order valence-electron chi connectivity index (χ4n) is 10.00. The molecule has 44 heteroatoms. The third kappa shape index (κ3) is 47.0. The Balaban J connectivity index is 0.00000156. The normalized spacial score (nSPS) is 10.7. The second kappa shape index (κ2) is 58.6. The van der Waals surface area contributed by atoms with Crippen molar-refractivity contribution in [2.45, 2.75) is 160 Å². The molecule has 0 fully saturated rings. The van der Waals surface area contributed by atoms with Crippen LogP contribution in [0.25, 0.3) is 0 Å². The van der Waals surface area contributed by atoms with Gasteiger partial charge in [-0.05, 0) is 208 Å². The lowest BCUT2D eigenvalue weighted by molar-refractivity contribution is -0.385. The maximum Gasteiger partial charge on any atom is 0.450 e. The van der Waals surface area contributed by atoms with Crippen LogP contribution in [0.1, 0.15) is 214 Å². The number of hydrogen-bond acceptors (Lipinski definition) is 27. The van der Waals surface area contributed by atoms with E-state index in [1.165, 1.54) is 95.2 Å². The number of amides is 2. The molecule has 0 atom stereocenters. The van der Waals surface area contributed by atoms with Crippen molar-refractivity contribution in [2.24, 2.45) is 5.41 Å². The number of aromatic hydroxyl groups is 1. The van der Waals surface area contributed by atoms with Gasteiger partial charge in [-0.3, -0.25) is 39.5 Å². The van der Waals surface area contributed by atoms with Gasteiger partial charge in [0.25, 0.3) is 23.2 Å². The molecular formula is C91H114BCl9N6O28. The van der Waals surface area contributed by atoms with Crippen molar-refractivity contribution in [2.75, 3.05) is 85.8 Å². The van der Waals surface area contributed by atoms with E-state index in [4.69, 9.17) is 182 Å². The lowest BCUT2D eigenvalue weighted by Crippen LogP contribution is -2.43. The van der Waals surface area contributed by atoms with Gasteiger partial charge in [0, 0.05) is 72.1 Å². The number of benzene rings is 8. The fraction of sp³-hybridized carbons (Fsp3) is 0.385. The van der Waals surface area contributed by atoms with E-state index in [1.807, 2.05) is 109 Å². The van der Waals surface area contributed by atoms with Gasteiger partial charge >= 0.3 is 34.8 Å². The summed E-state index contributed by atoms with van der Waals surface area (Å²) in [4.78, 5) is 114. The van der Waals surface area contributed by atoms with Crippen LogP contribution in [-0.4, -0.2) is 191 Å². The lowest BCUT2D eigenvalue weighted by atomic mass is 9.87. The molecule has 8 aromatic carbocycles. The molecule has 0 spiro atoms. The number of ether oxygens (including phenoxy) is 11. The third-order valence-corrected chi connectivity index (χ3v) is 17.1. The van der Waals surface area contributed by atoms with Crippen LogP contribution in [0, 0.1) is 25.6 Å². The number of carboxylic acids is 3. The van der Waals surface area contributed by atoms with Crippen molar-refractivity contribution >= 4 is 185 Å². The number of aromatic carboxylic acids is 3. The van der Waals surface area contributed by atoms with Crippen LogP contribution in [0.4, 0.5) is 28.4 Å². The third-order valence-electron chi connectivity index (χ3n) is 15.4. The van der Waals surface area contributed by atoms with Crippen LogP contribution in [0.5, 0.6) is 46.0 Å². The maximum absolute atomic E-state index is 12.6. The number of aliphatic hydroxyl groups is 1. The molecule has 2 amide bonds. The number of phenols is 1. The van der Waals surface area contributed by atoms with Crippen molar-refractivity contribution in [1.82, 2.24) is 4.90 Å². The van der Waals surface area contributed by atoms with Gasteiger partial charge in [0.05, 0.1) is 123 Å². The van der Waals surface area contributed by atoms with Gasteiger partial charge in [-0.15, -0.1) is 0 Å². The van der Waals surface area contributed by atoms with E-state index in [0.29, 0.717) is 77.5 Å². The average molecular weight is 2070 g/mol. The van der Waals surface area contributed by atoms with Crippen molar-refractivity contribution in [3.05, 3.63) is 222 Å². The van der Waals surface area contributed by atoms with Crippen LogP contribution < -0.4 is 49.5 Å². The predicted octanol–water partition coefficient (Wildman–Crippen LogP) is 23.3. The molecule has 0 aliphatic carbocycles. The quantitative estimate of drug-likeness (QED) is 0.00475. The summed E-state index contributed by atoms with van der Waals surface area (Å²) in [7, 11) is 10.5. The maximum atomic E-state index is 12.6. The Hall–Kier alpha value is -10.8. The summed E-state index contributed by atoms with van der Waals surface area (Å²) in [5.74, 6) is -4.02. The fourth-order valence-corrected chi connectivity index (χ4v) is 11.8. The number of non-ortho nitro benzene ring substituents is 2. The topological polar surface area (TPSA) is 479 Å². The minimum atomic E-state index is -1.27. The summed E-state index contributed by atoms with van der Waals surface area (Å²) < 4.78 is 57.9. The molecular weight excluding hydrogens is 1950 g/mol. The zero-order valence-electron chi connectivity index (χ0n) is 79.1. The number of nitrogens with zero attached hydrogens (tertiary/aromatic N) is 3. The first-order valence-electron chi connectivity index (χ1n) is 40.0. The van der Waals surface area contributed by atoms with E-state index in [0.717, 1.165) is 31.4 Å². The second-order valence-corrected chi connectivity index (χ2v) is 36.9. The molecule has 0 unspecified atom stereocenters. The first-order valence-corrected chi connectivity index (χ1v) is 43.6. The Morgan fingerprint density at radius 2 is 0.726 bits per heavy atom. The summed E-state index contributed by atoms with van der Waals surface area (Å²) >= 11 is 50.4. The first kappa shape index (κ1) is 124. The standard InChI is InChI=1S/C22H25Cl2NO4.C16H13Cl2NO5.C12H15NO5.C12H17NO3.C11H25NO2.C9H8Cl2O3.C8H7NO5.CH4O.BCl3/c1-6-29-20-16(23)9-13(10-17(20)24)21(27)25-14-7-8-15(19(11-14)28-5)18(26)12-22(2,3)4;1-2-24-14-11(17)5-8(6-12(14)18)15(21)19-9-3-4-10(16(22)23)13(20)7-9;1-12(2,3)18-11(14)9-6-5-8(13(15)16)7-10(9)17-4;1-12(2,3)16-11(14)9-6-5-8(13)7-10(9)15-4;1-10(2,3)13-9(12(7)8)14-11(4,5)6;1-2-14-8-6(10)3-5(9(12)13)4-7(8)11;1-14-7-4-5(9(12)13)2-3-6(7)8(10)11;1-2;2-1(3)4/h7-11H,6,12H2,1-5H3,(H,25,27);3-7,20H,2H2,1H3,(H,19,21)(H,22,23);5-7H,1-4H3;5-7H,13H2,1-4H3;9H,1-8H3;3-4H,2H2,1H3,(H,12,13);2-4H,1H3,(H,10,11);2H,1H3;. The highest BCUT2D eigenvalue weighted by atomic mass is 35.6. The van der Waals surface area contributed by atoms with Gasteiger partial charge in [0.15, 0.2) is 23.0 Å². The Bertz CT molecular complexity index is 5240.